The fraction of sp³-hybridized carbons (Fsp3) is 0.333. The number of halogens is 1. The Morgan fingerprint density at radius 1 is 1.50 bits per heavy atom. The first kappa shape index (κ1) is 9.02. The van der Waals surface area contributed by atoms with E-state index >= 15 is 0 Å². The minimum atomic E-state index is 0.235. The van der Waals surface area contributed by atoms with Gasteiger partial charge >= 0.3 is 0 Å². The van der Waals surface area contributed by atoms with Crippen LogP contribution in [0.25, 0.3) is 0 Å². The van der Waals surface area contributed by atoms with E-state index in [0.717, 1.165) is 5.69 Å². The van der Waals surface area contributed by atoms with Crippen LogP contribution in [0.2, 0.25) is 5.15 Å². The summed E-state index contributed by atoms with van der Waals surface area (Å²) in [5, 5.41) is 9.17. The Kier molecular flexibility index (Phi) is 2.67. The molecule has 1 aromatic heterocycles. The zero-order chi connectivity index (χ0) is 9.14. The van der Waals surface area contributed by atoms with Gasteiger partial charge in [-0.1, -0.05) is 25.4 Å². The second kappa shape index (κ2) is 3.55. The normalized spacial score (nSPS) is 9.92. The molecule has 3 heteroatoms. The summed E-state index contributed by atoms with van der Waals surface area (Å²) in [6.45, 7) is 3.97. The summed E-state index contributed by atoms with van der Waals surface area (Å²) >= 11 is 5.70. The highest BCUT2D eigenvalue weighted by molar-refractivity contribution is 6.29. The molecule has 0 unspecified atom stereocenters. The van der Waals surface area contributed by atoms with Gasteiger partial charge in [-0.2, -0.15) is 5.26 Å². The average Bonchev–Trinajstić information content (AvgIpc) is 2.04. The summed E-state index contributed by atoms with van der Waals surface area (Å²) in [4.78, 5) is 4.09. The highest BCUT2D eigenvalue weighted by Gasteiger charge is 2.07. The molecular weight excluding hydrogens is 172 g/mol. The van der Waals surface area contributed by atoms with E-state index in [1.807, 2.05) is 13.8 Å². The van der Waals surface area contributed by atoms with Crippen molar-refractivity contribution < 1.29 is 0 Å². The van der Waals surface area contributed by atoms with Crippen molar-refractivity contribution >= 4 is 11.6 Å². The first-order chi connectivity index (χ1) is 5.65. The molecule has 0 N–H and O–H groups in total. The number of pyridine rings is 1. The molecule has 0 aromatic carbocycles. The van der Waals surface area contributed by atoms with E-state index in [4.69, 9.17) is 16.9 Å². The van der Waals surface area contributed by atoms with Crippen molar-refractivity contribution in [3.8, 4) is 6.07 Å². The van der Waals surface area contributed by atoms with Crippen LogP contribution in [0.15, 0.2) is 12.1 Å². The summed E-state index contributed by atoms with van der Waals surface area (Å²) < 4.78 is 0. The monoisotopic (exact) mass is 180 g/mol. The lowest BCUT2D eigenvalue weighted by molar-refractivity contribution is 0.818. The third kappa shape index (κ3) is 1.75. The van der Waals surface area contributed by atoms with Gasteiger partial charge in [-0.05, 0) is 18.1 Å². The Bertz CT molecular complexity index is 326. The predicted molar refractivity (Wildman–Crippen MR) is 48.1 cm³/mol. The van der Waals surface area contributed by atoms with Gasteiger partial charge in [-0.25, -0.2) is 4.98 Å². The maximum absolute atomic E-state index is 8.73. The van der Waals surface area contributed by atoms with Crippen LogP contribution >= 0.6 is 11.6 Å². The Morgan fingerprint density at radius 2 is 2.17 bits per heavy atom. The fourth-order valence-electron chi connectivity index (χ4n) is 0.985. The van der Waals surface area contributed by atoms with Crippen LogP contribution in [-0.4, -0.2) is 4.98 Å². The van der Waals surface area contributed by atoms with Gasteiger partial charge in [0, 0.05) is 0 Å². The quantitative estimate of drug-likeness (QED) is 0.624. The van der Waals surface area contributed by atoms with Crippen molar-refractivity contribution in [2.75, 3.05) is 0 Å². The van der Waals surface area contributed by atoms with E-state index in [0.29, 0.717) is 10.7 Å². The highest BCUT2D eigenvalue weighted by atomic mass is 35.5. The smallest absolute Gasteiger partial charge is 0.129 e. The van der Waals surface area contributed by atoms with Gasteiger partial charge in [0.15, 0.2) is 0 Å². The molecule has 0 spiro atoms. The Labute approximate surface area is 76.8 Å². The number of nitrogens with zero attached hydrogens (tertiary/aromatic N) is 2. The van der Waals surface area contributed by atoms with E-state index < -0.39 is 0 Å². The molecule has 0 bridgehead atoms. The second-order valence-electron chi connectivity index (χ2n) is 2.83. The summed E-state index contributed by atoms with van der Waals surface area (Å²) in [6.07, 6.45) is 0. The topological polar surface area (TPSA) is 36.7 Å². The molecule has 0 aliphatic heterocycles. The van der Waals surface area contributed by atoms with Crippen molar-refractivity contribution in [2.24, 2.45) is 0 Å². The van der Waals surface area contributed by atoms with Gasteiger partial charge in [0.2, 0.25) is 0 Å². The molecule has 1 aromatic rings. The van der Waals surface area contributed by atoms with E-state index in [1.165, 1.54) is 0 Å². The molecule has 0 aliphatic rings. The second-order valence-corrected chi connectivity index (χ2v) is 3.22. The molecule has 1 heterocycles. The van der Waals surface area contributed by atoms with Gasteiger partial charge in [-0.15, -0.1) is 0 Å². The molecule has 0 saturated heterocycles. The van der Waals surface area contributed by atoms with Crippen molar-refractivity contribution in [1.82, 2.24) is 4.98 Å². The van der Waals surface area contributed by atoms with Crippen LogP contribution in [0.3, 0.4) is 0 Å². The number of aromatic nitrogens is 1. The minimum Gasteiger partial charge on any atom is -0.240 e. The number of rotatable bonds is 1. The molecule has 0 aliphatic carbocycles. The summed E-state index contributed by atoms with van der Waals surface area (Å²) in [5.74, 6) is 0.235. The van der Waals surface area contributed by atoms with Gasteiger partial charge in [0.25, 0.3) is 0 Å². The van der Waals surface area contributed by atoms with Gasteiger partial charge in [0.1, 0.15) is 11.2 Å². The van der Waals surface area contributed by atoms with E-state index in [1.54, 1.807) is 12.1 Å². The number of hydrogen-bond acceptors (Lipinski definition) is 2. The molecule has 62 valence electrons. The molecule has 0 amide bonds. The van der Waals surface area contributed by atoms with Gasteiger partial charge in [0.05, 0.1) is 11.3 Å². The van der Waals surface area contributed by atoms with Crippen molar-refractivity contribution in [3.05, 3.63) is 28.5 Å². The summed E-state index contributed by atoms with van der Waals surface area (Å²) in [6, 6.07) is 5.41. The van der Waals surface area contributed by atoms with Crippen LogP contribution in [0.4, 0.5) is 0 Å². The summed E-state index contributed by atoms with van der Waals surface area (Å²) in [5.41, 5.74) is 1.37. The third-order valence-corrected chi connectivity index (χ3v) is 1.77. The van der Waals surface area contributed by atoms with Crippen molar-refractivity contribution in [3.63, 3.8) is 0 Å². The largest absolute Gasteiger partial charge is 0.240 e. The highest BCUT2D eigenvalue weighted by Crippen LogP contribution is 2.18. The van der Waals surface area contributed by atoms with E-state index in [9.17, 15) is 0 Å². The van der Waals surface area contributed by atoms with Crippen LogP contribution in [0.1, 0.15) is 31.0 Å². The lowest BCUT2D eigenvalue weighted by atomic mass is 10.1. The molecule has 0 atom stereocenters. The lowest BCUT2D eigenvalue weighted by Crippen LogP contribution is -1.96. The Balaban J connectivity index is 3.24. The maximum Gasteiger partial charge on any atom is 0.129 e. The Hall–Kier alpha value is -1.07. The minimum absolute atomic E-state index is 0.235. The zero-order valence-corrected chi connectivity index (χ0v) is 7.76. The standard InChI is InChI=1S/C9H9ClN2/c1-6(2)9-7(5-11)3-4-8(10)12-9/h3-4,6H,1-2H3. The van der Waals surface area contributed by atoms with Crippen molar-refractivity contribution in [1.29, 1.82) is 5.26 Å². The van der Waals surface area contributed by atoms with Crippen LogP contribution in [0.5, 0.6) is 0 Å². The molecule has 2 nitrogen and oxygen atoms in total. The molecular formula is C9H9ClN2. The van der Waals surface area contributed by atoms with Crippen molar-refractivity contribution in [2.45, 2.75) is 19.8 Å². The molecule has 0 radical (unpaired) electrons. The molecule has 0 fully saturated rings. The number of nitriles is 1. The number of hydrogen-bond donors (Lipinski definition) is 0. The SMILES string of the molecule is CC(C)c1nc(Cl)ccc1C#N. The zero-order valence-electron chi connectivity index (χ0n) is 7.00. The van der Waals surface area contributed by atoms with Gasteiger partial charge < -0.3 is 0 Å². The van der Waals surface area contributed by atoms with Crippen LogP contribution in [0, 0.1) is 11.3 Å². The van der Waals surface area contributed by atoms with Gasteiger partial charge in [-0.3, -0.25) is 0 Å². The maximum atomic E-state index is 8.73. The van der Waals surface area contributed by atoms with Crippen LogP contribution < -0.4 is 0 Å². The molecule has 1 rings (SSSR count). The Morgan fingerprint density at radius 3 is 2.67 bits per heavy atom. The first-order valence-corrected chi connectivity index (χ1v) is 4.09. The van der Waals surface area contributed by atoms with E-state index in [-0.39, 0.29) is 5.92 Å². The summed E-state index contributed by atoms with van der Waals surface area (Å²) in [7, 11) is 0. The molecule has 12 heavy (non-hydrogen) atoms. The predicted octanol–water partition coefficient (Wildman–Crippen LogP) is 2.73. The molecule has 0 saturated carbocycles. The third-order valence-electron chi connectivity index (χ3n) is 1.56. The average molecular weight is 181 g/mol. The lowest BCUT2D eigenvalue weighted by Gasteiger charge is -2.05. The fourth-order valence-corrected chi connectivity index (χ4v) is 1.14. The van der Waals surface area contributed by atoms with Crippen LogP contribution in [-0.2, 0) is 0 Å². The van der Waals surface area contributed by atoms with E-state index in [2.05, 4.69) is 11.1 Å². The first-order valence-electron chi connectivity index (χ1n) is 3.71.